The minimum atomic E-state index is -5.40. The van der Waals surface area contributed by atoms with Gasteiger partial charge >= 0.3 is 12.0 Å². The van der Waals surface area contributed by atoms with Crippen molar-refractivity contribution in [3.63, 3.8) is 0 Å². The molecule has 0 fully saturated rings. The molecular weight excluding hydrogens is 293 g/mol. The third kappa shape index (κ3) is 3.50. The second-order valence-electron chi connectivity index (χ2n) is 3.27. The molecule has 0 radical (unpaired) electrons. The summed E-state index contributed by atoms with van der Waals surface area (Å²) in [7, 11) is 0. The molecule has 11 heteroatoms. The van der Waals surface area contributed by atoms with Gasteiger partial charge < -0.3 is 4.74 Å². The van der Waals surface area contributed by atoms with Crippen LogP contribution in [0.3, 0.4) is 0 Å². The van der Waals surface area contributed by atoms with Crippen LogP contribution in [0.2, 0.25) is 0 Å². The van der Waals surface area contributed by atoms with Crippen LogP contribution in [0.5, 0.6) is 5.75 Å². The van der Waals surface area contributed by atoms with E-state index in [1.807, 2.05) is 0 Å². The van der Waals surface area contributed by atoms with Gasteiger partial charge in [0.15, 0.2) is 0 Å². The lowest BCUT2D eigenvalue weighted by Crippen LogP contribution is -2.20. The zero-order valence-electron chi connectivity index (χ0n) is 9.32. The first-order valence-corrected chi connectivity index (χ1v) is 4.74. The molecule has 0 saturated heterocycles. The number of halogens is 5. The standard InChI is InChI=1S/C9H4F5N3O3/c10-8(11)6-4(1-2-15)16-3-5(17(18)19)7(6)20-9(12,13)14/h3,8H,1H2. The number of aromatic nitrogens is 1. The van der Waals surface area contributed by atoms with E-state index in [-0.39, 0.29) is 0 Å². The van der Waals surface area contributed by atoms with Gasteiger partial charge in [0.1, 0.15) is 6.20 Å². The van der Waals surface area contributed by atoms with Gasteiger partial charge in [-0.3, -0.25) is 15.1 Å². The third-order valence-electron chi connectivity index (χ3n) is 2.01. The summed E-state index contributed by atoms with van der Waals surface area (Å²) in [6.45, 7) is 0. The summed E-state index contributed by atoms with van der Waals surface area (Å²) < 4.78 is 65.4. The van der Waals surface area contributed by atoms with Crippen molar-refractivity contribution in [1.29, 1.82) is 5.26 Å². The first kappa shape index (κ1) is 15.5. The Morgan fingerprint density at radius 3 is 2.50 bits per heavy atom. The molecule has 0 unspecified atom stereocenters. The molecule has 0 spiro atoms. The molecule has 0 aromatic carbocycles. The van der Waals surface area contributed by atoms with Gasteiger partial charge in [-0.2, -0.15) is 5.26 Å². The van der Waals surface area contributed by atoms with Crippen LogP contribution in [-0.2, 0) is 6.42 Å². The Labute approximate surface area is 107 Å². The fourth-order valence-electron chi connectivity index (χ4n) is 1.33. The van der Waals surface area contributed by atoms with Gasteiger partial charge in [-0.1, -0.05) is 0 Å². The van der Waals surface area contributed by atoms with Crippen LogP contribution in [0.25, 0.3) is 0 Å². The molecular formula is C9H4F5N3O3. The Balaban J connectivity index is 3.57. The lowest BCUT2D eigenvalue weighted by atomic mass is 10.1. The smallest absolute Gasteiger partial charge is 0.398 e. The zero-order chi connectivity index (χ0) is 15.5. The maximum absolute atomic E-state index is 12.8. The quantitative estimate of drug-likeness (QED) is 0.484. The largest absolute Gasteiger partial charge is 0.573 e. The van der Waals surface area contributed by atoms with Gasteiger partial charge in [-0.15, -0.1) is 13.2 Å². The Kier molecular flexibility index (Phi) is 4.38. The van der Waals surface area contributed by atoms with E-state index in [9.17, 15) is 32.1 Å². The van der Waals surface area contributed by atoms with Crippen molar-refractivity contribution in [3.05, 3.63) is 27.6 Å². The van der Waals surface area contributed by atoms with Crippen LogP contribution in [0.1, 0.15) is 17.7 Å². The first-order valence-electron chi connectivity index (χ1n) is 4.74. The number of nitro groups is 1. The first-order chi connectivity index (χ1) is 9.17. The maximum atomic E-state index is 12.8. The van der Waals surface area contributed by atoms with E-state index in [0.717, 1.165) is 0 Å². The summed E-state index contributed by atoms with van der Waals surface area (Å²) in [5, 5.41) is 19.0. The van der Waals surface area contributed by atoms with Crippen LogP contribution in [0.4, 0.5) is 27.6 Å². The minimum Gasteiger partial charge on any atom is -0.398 e. The number of hydrogen-bond donors (Lipinski definition) is 0. The summed E-state index contributed by atoms with van der Waals surface area (Å²) in [6, 6.07) is 1.42. The van der Waals surface area contributed by atoms with Crippen molar-refractivity contribution < 1.29 is 31.6 Å². The normalized spacial score (nSPS) is 11.2. The predicted molar refractivity (Wildman–Crippen MR) is 51.8 cm³/mol. The second-order valence-corrected chi connectivity index (χ2v) is 3.27. The summed E-state index contributed by atoms with van der Waals surface area (Å²) >= 11 is 0. The van der Waals surface area contributed by atoms with E-state index in [1.54, 1.807) is 0 Å². The van der Waals surface area contributed by atoms with Crippen molar-refractivity contribution in [2.24, 2.45) is 0 Å². The van der Waals surface area contributed by atoms with Gasteiger partial charge in [-0.05, 0) is 0 Å². The van der Waals surface area contributed by atoms with E-state index in [0.29, 0.717) is 6.20 Å². The lowest BCUT2D eigenvalue weighted by Gasteiger charge is -2.14. The SMILES string of the molecule is N#CCc1ncc([N+](=O)[O-])c(OC(F)(F)F)c1C(F)F. The lowest BCUT2D eigenvalue weighted by molar-refractivity contribution is -0.389. The molecule has 20 heavy (non-hydrogen) atoms. The molecule has 0 N–H and O–H groups in total. The molecule has 0 bridgehead atoms. The average Bonchev–Trinajstić information content (AvgIpc) is 2.26. The second kappa shape index (κ2) is 5.64. The van der Waals surface area contributed by atoms with Crippen LogP contribution < -0.4 is 4.74 Å². The van der Waals surface area contributed by atoms with Crippen molar-refractivity contribution in [3.8, 4) is 11.8 Å². The van der Waals surface area contributed by atoms with Gasteiger partial charge in [0, 0.05) is 0 Å². The van der Waals surface area contributed by atoms with Gasteiger partial charge in [-0.25, -0.2) is 8.78 Å². The molecule has 0 amide bonds. The molecule has 1 heterocycles. The van der Waals surface area contributed by atoms with E-state index >= 15 is 0 Å². The fraction of sp³-hybridized carbons (Fsp3) is 0.333. The Bertz CT molecular complexity index is 567. The molecule has 0 atom stereocenters. The maximum Gasteiger partial charge on any atom is 0.573 e. The molecule has 6 nitrogen and oxygen atoms in total. The number of ether oxygens (including phenoxy) is 1. The number of hydrogen-bond acceptors (Lipinski definition) is 5. The summed E-state index contributed by atoms with van der Waals surface area (Å²) in [4.78, 5) is 12.4. The highest BCUT2D eigenvalue weighted by molar-refractivity contribution is 5.53. The molecule has 0 saturated carbocycles. The number of pyridine rings is 1. The monoisotopic (exact) mass is 297 g/mol. The number of rotatable bonds is 4. The Morgan fingerprint density at radius 1 is 1.50 bits per heavy atom. The molecule has 1 aromatic rings. The molecule has 0 aliphatic heterocycles. The van der Waals surface area contributed by atoms with E-state index < -0.39 is 46.8 Å². The molecule has 108 valence electrons. The van der Waals surface area contributed by atoms with Gasteiger partial charge in [0.05, 0.1) is 28.7 Å². The van der Waals surface area contributed by atoms with Crippen LogP contribution in [0.15, 0.2) is 6.20 Å². The van der Waals surface area contributed by atoms with Crippen molar-refractivity contribution in [1.82, 2.24) is 4.98 Å². The highest BCUT2D eigenvalue weighted by Gasteiger charge is 2.39. The van der Waals surface area contributed by atoms with Gasteiger partial charge in [0.25, 0.3) is 6.43 Å². The van der Waals surface area contributed by atoms with Crippen LogP contribution in [-0.4, -0.2) is 16.3 Å². The summed E-state index contributed by atoms with van der Waals surface area (Å²) in [6.07, 6.45) is -9.34. The molecule has 1 aromatic heterocycles. The van der Waals surface area contributed by atoms with Crippen molar-refractivity contribution in [2.45, 2.75) is 19.2 Å². The van der Waals surface area contributed by atoms with Crippen LogP contribution >= 0.6 is 0 Å². The van der Waals surface area contributed by atoms with Gasteiger partial charge in [0.2, 0.25) is 5.75 Å². The van der Waals surface area contributed by atoms with Crippen molar-refractivity contribution >= 4 is 5.69 Å². The molecule has 0 aliphatic rings. The van der Waals surface area contributed by atoms with E-state index in [2.05, 4.69) is 9.72 Å². The molecule has 0 aliphatic carbocycles. The number of nitriles is 1. The zero-order valence-corrected chi connectivity index (χ0v) is 9.32. The predicted octanol–water partition coefficient (Wildman–Crippen LogP) is 2.89. The highest BCUT2D eigenvalue weighted by atomic mass is 19.4. The van der Waals surface area contributed by atoms with E-state index in [4.69, 9.17) is 5.26 Å². The van der Waals surface area contributed by atoms with Crippen molar-refractivity contribution in [2.75, 3.05) is 0 Å². The average molecular weight is 297 g/mol. The number of alkyl halides is 5. The third-order valence-corrected chi connectivity index (χ3v) is 2.01. The summed E-state index contributed by atoms with van der Waals surface area (Å²) in [5.41, 5.74) is -3.50. The van der Waals surface area contributed by atoms with E-state index in [1.165, 1.54) is 6.07 Å². The highest BCUT2D eigenvalue weighted by Crippen LogP contribution is 2.41. The topological polar surface area (TPSA) is 89.0 Å². The summed E-state index contributed by atoms with van der Waals surface area (Å²) in [5.74, 6) is -1.65. The Hall–Kier alpha value is -2.51. The Morgan fingerprint density at radius 2 is 2.10 bits per heavy atom. The fourth-order valence-corrected chi connectivity index (χ4v) is 1.33. The number of nitrogens with zero attached hydrogens (tertiary/aromatic N) is 3. The molecule has 1 rings (SSSR count). The minimum absolute atomic E-state index is 0.333. The van der Waals surface area contributed by atoms with Crippen LogP contribution in [0, 0.1) is 21.4 Å².